The van der Waals surface area contributed by atoms with Crippen LogP contribution in [0.15, 0.2) is 42.5 Å². The molecule has 1 amide bonds. The highest BCUT2D eigenvalue weighted by Crippen LogP contribution is 2.34. The van der Waals surface area contributed by atoms with E-state index in [1.54, 1.807) is 11.0 Å². The predicted octanol–water partition coefficient (Wildman–Crippen LogP) is 5.25. The van der Waals surface area contributed by atoms with Crippen LogP contribution in [0, 0.1) is 5.92 Å². The molecule has 2 aromatic carbocycles. The Labute approximate surface area is 218 Å². The van der Waals surface area contributed by atoms with Crippen molar-refractivity contribution < 1.29 is 18.0 Å². The number of hydrogen-bond acceptors (Lipinski definition) is 4. The number of anilines is 1. The van der Waals surface area contributed by atoms with Gasteiger partial charge in [-0.1, -0.05) is 30.3 Å². The van der Waals surface area contributed by atoms with Gasteiger partial charge < -0.3 is 15.1 Å². The van der Waals surface area contributed by atoms with Crippen LogP contribution < -0.4 is 5.32 Å². The van der Waals surface area contributed by atoms with Crippen LogP contribution in [0.4, 0.5) is 18.9 Å². The number of nitrogens with one attached hydrogen (secondary N) is 1. The van der Waals surface area contributed by atoms with E-state index in [-0.39, 0.29) is 30.6 Å². The van der Waals surface area contributed by atoms with Gasteiger partial charge >= 0.3 is 6.18 Å². The molecule has 5 nitrogen and oxygen atoms in total. The molecule has 1 aliphatic carbocycles. The van der Waals surface area contributed by atoms with E-state index in [0.29, 0.717) is 13.1 Å². The van der Waals surface area contributed by atoms with Crippen molar-refractivity contribution in [1.82, 2.24) is 14.7 Å². The quantitative estimate of drug-likeness (QED) is 0.443. The Kier molecular flexibility index (Phi) is 8.80. The summed E-state index contributed by atoms with van der Waals surface area (Å²) in [6, 6.07) is 12.0. The molecular formula is C29H39F3N4O. The molecule has 8 heteroatoms. The number of halogens is 3. The highest BCUT2D eigenvalue weighted by Gasteiger charge is 2.34. The van der Waals surface area contributed by atoms with Crippen molar-refractivity contribution in [2.24, 2.45) is 5.92 Å². The molecule has 0 aromatic heterocycles. The fraction of sp³-hybridized carbons (Fsp3) is 0.552. The number of benzene rings is 2. The molecule has 0 spiro atoms. The minimum absolute atomic E-state index is 0.0435. The molecule has 1 heterocycles. The van der Waals surface area contributed by atoms with Gasteiger partial charge in [0.15, 0.2) is 0 Å². The molecule has 1 fully saturated rings. The number of fused-ring (bicyclic) bond motifs is 1. The molecule has 1 aliphatic heterocycles. The van der Waals surface area contributed by atoms with Crippen molar-refractivity contribution >= 4 is 11.6 Å². The average Bonchev–Trinajstić information content (AvgIpc) is 3.68. The lowest BCUT2D eigenvalue weighted by Gasteiger charge is -2.31. The van der Waals surface area contributed by atoms with E-state index < -0.39 is 11.7 Å². The van der Waals surface area contributed by atoms with Gasteiger partial charge in [-0.2, -0.15) is 13.2 Å². The fourth-order valence-corrected chi connectivity index (χ4v) is 4.91. The van der Waals surface area contributed by atoms with Crippen LogP contribution in [0.1, 0.15) is 48.9 Å². The van der Waals surface area contributed by atoms with Gasteiger partial charge in [-0.3, -0.25) is 9.69 Å². The summed E-state index contributed by atoms with van der Waals surface area (Å²) in [7, 11) is 1.96. The van der Waals surface area contributed by atoms with E-state index in [1.165, 1.54) is 36.1 Å². The molecular weight excluding hydrogens is 477 g/mol. The highest BCUT2D eigenvalue weighted by molar-refractivity contribution is 5.81. The summed E-state index contributed by atoms with van der Waals surface area (Å²) in [6.45, 7) is 8.10. The summed E-state index contributed by atoms with van der Waals surface area (Å²) >= 11 is 0. The summed E-state index contributed by atoms with van der Waals surface area (Å²) < 4.78 is 40.9. The third kappa shape index (κ3) is 7.48. The summed E-state index contributed by atoms with van der Waals surface area (Å²) in [5, 5.41) is 3.32. The molecule has 202 valence electrons. The number of likely N-dealkylation sites (N-methyl/N-ethyl adjacent to an activating group) is 1. The SMILES string of the molecule is CC(C)N(C)CCN(Cc1ccccc1C(F)(F)F)C(=O)CNc1cccc2c1CCN(CC1CC1)C2. The number of alkyl halides is 3. The van der Waals surface area contributed by atoms with Gasteiger partial charge in [0.25, 0.3) is 0 Å². The van der Waals surface area contributed by atoms with Crippen LogP contribution in [0.2, 0.25) is 0 Å². The topological polar surface area (TPSA) is 38.8 Å². The van der Waals surface area contributed by atoms with Gasteiger partial charge in [-0.25, -0.2) is 0 Å². The van der Waals surface area contributed by atoms with Gasteiger partial charge in [-0.05, 0) is 74.9 Å². The number of nitrogens with zero attached hydrogens (tertiary/aromatic N) is 3. The summed E-state index contributed by atoms with van der Waals surface area (Å²) in [4.78, 5) is 19.5. The monoisotopic (exact) mass is 516 g/mol. The number of carbonyl (C=O) groups excluding carboxylic acids is 1. The van der Waals surface area contributed by atoms with Crippen LogP contribution in [0.5, 0.6) is 0 Å². The zero-order chi connectivity index (χ0) is 26.6. The normalized spacial score (nSPS) is 16.2. The molecule has 0 atom stereocenters. The Morgan fingerprint density at radius 2 is 1.86 bits per heavy atom. The molecule has 4 rings (SSSR count). The largest absolute Gasteiger partial charge is 0.416 e. The van der Waals surface area contributed by atoms with Crippen LogP contribution in [-0.2, 0) is 30.5 Å². The Morgan fingerprint density at radius 3 is 2.57 bits per heavy atom. The first kappa shape index (κ1) is 27.5. The van der Waals surface area contributed by atoms with Crippen LogP contribution >= 0.6 is 0 Å². The molecule has 2 aliphatic rings. The molecule has 37 heavy (non-hydrogen) atoms. The lowest BCUT2D eigenvalue weighted by Crippen LogP contribution is -2.41. The van der Waals surface area contributed by atoms with Gasteiger partial charge in [0.2, 0.25) is 5.91 Å². The Hall–Kier alpha value is -2.58. The van der Waals surface area contributed by atoms with E-state index in [0.717, 1.165) is 43.7 Å². The first-order valence-corrected chi connectivity index (χ1v) is 13.3. The maximum absolute atomic E-state index is 13.6. The van der Waals surface area contributed by atoms with E-state index in [9.17, 15) is 18.0 Å². The summed E-state index contributed by atoms with van der Waals surface area (Å²) in [5.41, 5.74) is 2.91. The standard InChI is InChI=1S/C29H39F3N4O/c1-21(2)34(3)15-16-36(20-24-7-4-5-9-26(24)29(30,31)32)28(37)17-33-27-10-6-8-23-19-35(14-13-25(23)27)18-22-11-12-22/h4-10,21-22,33H,11-20H2,1-3H3. The number of amides is 1. The van der Waals surface area contributed by atoms with E-state index in [1.807, 2.05) is 19.2 Å². The molecule has 0 saturated heterocycles. The number of rotatable bonds is 11. The van der Waals surface area contributed by atoms with Crippen molar-refractivity contribution in [3.63, 3.8) is 0 Å². The fourth-order valence-electron chi connectivity index (χ4n) is 4.91. The predicted molar refractivity (Wildman–Crippen MR) is 141 cm³/mol. The Bertz CT molecular complexity index is 1070. The third-order valence-corrected chi connectivity index (χ3v) is 7.63. The zero-order valence-corrected chi connectivity index (χ0v) is 22.2. The lowest BCUT2D eigenvalue weighted by atomic mass is 9.97. The zero-order valence-electron chi connectivity index (χ0n) is 22.2. The van der Waals surface area contributed by atoms with Gasteiger partial charge in [0, 0.05) is 51.0 Å². The summed E-state index contributed by atoms with van der Waals surface area (Å²) in [5.74, 6) is 0.640. The second-order valence-corrected chi connectivity index (χ2v) is 10.8. The van der Waals surface area contributed by atoms with Crippen molar-refractivity contribution in [3.05, 3.63) is 64.7 Å². The molecule has 0 bridgehead atoms. The molecule has 1 N–H and O–H groups in total. The molecule has 0 radical (unpaired) electrons. The summed E-state index contributed by atoms with van der Waals surface area (Å²) in [6.07, 6.45) is -0.857. The second-order valence-electron chi connectivity index (χ2n) is 10.8. The number of hydrogen-bond donors (Lipinski definition) is 1. The average molecular weight is 517 g/mol. The smallest absolute Gasteiger partial charge is 0.376 e. The number of carbonyl (C=O) groups is 1. The van der Waals surface area contributed by atoms with Gasteiger partial charge in [0.05, 0.1) is 12.1 Å². The van der Waals surface area contributed by atoms with E-state index in [2.05, 4.69) is 35.0 Å². The second kappa shape index (κ2) is 11.9. The van der Waals surface area contributed by atoms with Crippen LogP contribution in [0.3, 0.4) is 0 Å². The maximum atomic E-state index is 13.6. The van der Waals surface area contributed by atoms with Crippen molar-refractivity contribution in [3.8, 4) is 0 Å². The van der Waals surface area contributed by atoms with Gasteiger partial charge in [-0.15, -0.1) is 0 Å². The molecule has 0 unspecified atom stereocenters. The minimum Gasteiger partial charge on any atom is -0.376 e. The minimum atomic E-state index is -4.46. The van der Waals surface area contributed by atoms with Crippen molar-refractivity contribution in [2.45, 2.75) is 58.4 Å². The van der Waals surface area contributed by atoms with Crippen molar-refractivity contribution in [1.29, 1.82) is 0 Å². The maximum Gasteiger partial charge on any atom is 0.416 e. The van der Waals surface area contributed by atoms with E-state index >= 15 is 0 Å². The molecule has 2 aromatic rings. The van der Waals surface area contributed by atoms with Crippen molar-refractivity contribution in [2.75, 3.05) is 45.1 Å². The lowest BCUT2D eigenvalue weighted by molar-refractivity contribution is -0.139. The Balaban J connectivity index is 1.45. The first-order chi connectivity index (χ1) is 17.6. The third-order valence-electron chi connectivity index (χ3n) is 7.63. The molecule has 1 saturated carbocycles. The van der Waals surface area contributed by atoms with Crippen LogP contribution in [0.25, 0.3) is 0 Å². The first-order valence-electron chi connectivity index (χ1n) is 13.3. The van der Waals surface area contributed by atoms with Crippen LogP contribution in [-0.4, -0.2) is 66.4 Å². The van der Waals surface area contributed by atoms with Gasteiger partial charge in [0.1, 0.15) is 0 Å². The highest BCUT2D eigenvalue weighted by atomic mass is 19.4. The Morgan fingerprint density at radius 1 is 1.11 bits per heavy atom. The van der Waals surface area contributed by atoms with E-state index in [4.69, 9.17) is 0 Å².